The van der Waals surface area contributed by atoms with Gasteiger partial charge in [0.1, 0.15) is 11.8 Å². The summed E-state index contributed by atoms with van der Waals surface area (Å²) in [6.07, 6.45) is -0.175. The van der Waals surface area contributed by atoms with Gasteiger partial charge in [0.15, 0.2) is 5.58 Å². The number of nitrogens with zero attached hydrogens (tertiary/aromatic N) is 1. The number of esters is 1. The number of para-hydroxylation sites is 1. The number of hydrogen-bond donors (Lipinski definition) is 0. The highest BCUT2D eigenvalue weighted by molar-refractivity contribution is 5.84. The van der Waals surface area contributed by atoms with Crippen molar-refractivity contribution in [2.75, 3.05) is 0 Å². The Morgan fingerprint density at radius 2 is 1.86 bits per heavy atom. The van der Waals surface area contributed by atoms with E-state index in [0.717, 1.165) is 10.9 Å². The molecule has 2 aromatic carbocycles. The van der Waals surface area contributed by atoms with E-state index in [0.29, 0.717) is 11.3 Å². The van der Waals surface area contributed by atoms with Crippen LogP contribution in [0.4, 0.5) is 0 Å². The molecule has 0 aliphatic rings. The summed E-state index contributed by atoms with van der Waals surface area (Å²) in [6.45, 7) is 1.86. The molecular weight excluding hydrogens is 266 g/mol. The number of carbonyl (C=O) groups excluding carboxylic acids is 1. The van der Waals surface area contributed by atoms with Crippen molar-refractivity contribution < 1.29 is 14.1 Å². The Labute approximate surface area is 122 Å². The van der Waals surface area contributed by atoms with Gasteiger partial charge in [-0.25, -0.2) is 0 Å². The molecule has 3 rings (SSSR count). The van der Waals surface area contributed by atoms with Gasteiger partial charge in [0, 0.05) is 5.39 Å². The molecular formula is C17H15NO3. The van der Waals surface area contributed by atoms with Gasteiger partial charge >= 0.3 is 5.97 Å². The molecule has 0 aliphatic heterocycles. The lowest BCUT2D eigenvalue weighted by Gasteiger charge is -2.12. The summed E-state index contributed by atoms with van der Waals surface area (Å²) in [4.78, 5) is 12.0. The molecule has 1 atom stereocenters. The number of benzene rings is 2. The first kappa shape index (κ1) is 13.4. The van der Waals surface area contributed by atoms with E-state index in [9.17, 15) is 4.79 Å². The molecule has 0 saturated heterocycles. The molecule has 1 unspecified atom stereocenters. The predicted molar refractivity (Wildman–Crippen MR) is 78.7 cm³/mol. The Kier molecular flexibility index (Phi) is 3.69. The van der Waals surface area contributed by atoms with Crippen LogP contribution < -0.4 is 0 Å². The van der Waals surface area contributed by atoms with Crippen LogP contribution in [-0.4, -0.2) is 11.1 Å². The lowest BCUT2D eigenvalue weighted by molar-refractivity contribution is -0.147. The van der Waals surface area contributed by atoms with E-state index in [1.165, 1.54) is 0 Å². The van der Waals surface area contributed by atoms with Crippen LogP contribution in [0, 0.1) is 0 Å². The first-order valence-corrected chi connectivity index (χ1v) is 6.82. The standard InChI is InChI=1S/C17H15NO3/c1-12(13-7-3-2-4-8-13)20-17(19)11-15-14-9-5-6-10-16(14)21-18-15/h2-10,12H,11H2,1H3. The third-order valence-electron chi connectivity index (χ3n) is 3.34. The van der Waals surface area contributed by atoms with Crippen molar-refractivity contribution in [2.45, 2.75) is 19.4 Å². The third kappa shape index (κ3) is 2.94. The summed E-state index contributed by atoms with van der Waals surface area (Å²) in [5.74, 6) is -0.314. The Morgan fingerprint density at radius 1 is 1.14 bits per heavy atom. The van der Waals surface area contributed by atoms with Gasteiger partial charge in [0.2, 0.25) is 0 Å². The number of ether oxygens (including phenoxy) is 1. The van der Waals surface area contributed by atoms with Gasteiger partial charge in [-0.3, -0.25) is 4.79 Å². The zero-order chi connectivity index (χ0) is 14.7. The quantitative estimate of drug-likeness (QED) is 0.685. The Hall–Kier alpha value is -2.62. The molecule has 0 spiro atoms. The number of hydrogen-bond acceptors (Lipinski definition) is 4. The Balaban J connectivity index is 1.69. The van der Waals surface area contributed by atoms with Gasteiger partial charge in [-0.2, -0.15) is 0 Å². The molecule has 0 saturated carbocycles. The number of fused-ring (bicyclic) bond motifs is 1. The van der Waals surface area contributed by atoms with Crippen molar-refractivity contribution in [3.8, 4) is 0 Å². The van der Waals surface area contributed by atoms with E-state index in [1.54, 1.807) is 0 Å². The van der Waals surface area contributed by atoms with Crippen LogP contribution in [-0.2, 0) is 16.0 Å². The van der Waals surface area contributed by atoms with Crippen molar-refractivity contribution in [1.82, 2.24) is 5.16 Å². The molecule has 21 heavy (non-hydrogen) atoms. The zero-order valence-electron chi connectivity index (χ0n) is 11.7. The maximum absolute atomic E-state index is 12.0. The largest absolute Gasteiger partial charge is 0.457 e. The summed E-state index contributed by atoms with van der Waals surface area (Å²) in [5.41, 5.74) is 2.25. The fourth-order valence-electron chi connectivity index (χ4n) is 2.23. The first-order valence-electron chi connectivity index (χ1n) is 6.82. The van der Waals surface area contributed by atoms with Gasteiger partial charge in [0.25, 0.3) is 0 Å². The second kappa shape index (κ2) is 5.79. The lowest BCUT2D eigenvalue weighted by atomic mass is 10.1. The number of rotatable bonds is 4. The van der Waals surface area contributed by atoms with Crippen molar-refractivity contribution in [2.24, 2.45) is 0 Å². The van der Waals surface area contributed by atoms with Crippen molar-refractivity contribution >= 4 is 16.9 Å². The highest BCUT2D eigenvalue weighted by Gasteiger charge is 2.16. The second-order valence-electron chi connectivity index (χ2n) is 4.84. The van der Waals surface area contributed by atoms with Crippen LogP contribution in [0.2, 0.25) is 0 Å². The molecule has 1 aromatic heterocycles. The minimum atomic E-state index is -0.314. The topological polar surface area (TPSA) is 52.3 Å². The average molecular weight is 281 g/mol. The van der Waals surface area contributed by atoms with E-state index in [2.05, 4.69) is 5.16 Å². The Bertz CT molecular complexity index is 749. The maximum Gasteiger partial charge on any atom is 0.312 e. The fourth-order valence-corrected chi connectivity index (χ4v) is 2.23. The number of aromatic nitrogens is 1. The van der Waals surface area contributed by atoms with E-state index >= 15 is 0 Å². The molecule has 0 bridgehead atoms. The minimum Gasteiger partial charge on any atom is -0.457 e. The smallest absolute Gasteiger partial charge is 0.312 e. The van der Waals surface area contributed by atoms with Crippen LogP contribution in [0.3, 0.4) is 0 Å². The van der Waals surface area contributed by atoms with Crippen LogP contribution >= 0.6 is 0 Å². The SMILES string of the molecule is CC(OC(=O)Cc1noc2ccccc12)c1ccccc1. The van der Waals surface area contributed by atoms with E-state index < -0.39 is 0 Å². The molecule has 4 heteroatoms. The molecule has 0 aliphatic carbocycles. The van der Waals surface area contributed by atoms with Gasteiger partial charge in [-0.15, -0.1) is 0 Å². The Morgan fingerprint density at radius 3 is 2.67 bits per heavy atom. The maximum atomic E-state index is 12.0. The predicted octanol–water partition coefficient (Wildman–Crippen LogP) is 3.67. The van der Waals surface area contributed by atoms with Gasteiger partial charge in [0.05, 0.1) is 6.42 Å². The van der Waals surface area contributed by atoms with Gasteiger partial charge in [-0.1, -0.05) is 47.6 Å². The summed E-state index contributed by atoms with van der Waals surface area (Å²) in [5, 5.41) is 4.79. The molecule has 106 valence electrons. The van der Waals surface area contributed by atoms with Crippen LogP contribution in [0.15, 0.2) is 59.1 Å². The summed E-state index contributed by atoms with van der Waals surface area (Å²) < 4.78 is 10.6. The molecule has 0 N–H and O–H groups in total. The zero-order valence-corrected chi connectivity index (χ0v) is 11.7. The average Bonchev–Trinajstić information content (AvgIpc) is 2.91. The molecule has 1 heterocycles. The van der Waals surface area contributed by atoms with Gasteiger partial charge < -0.3 is 9.26 Å². The first-order chi connectivity index (χ1) is 10.2. The third-order valence-corrected chi connectivity index (χ3v) is 3.34. The summed E-state index contributed by atoms with van der Waals surface area (Å²) in [7, 11) is 0. The minimum absolute atomic E-state index is 0.105. The molecule has 4 nitrogen and oxygen atoms in total. The molecule has 0 radical (unpaired) electrons. The van der Waals surface area contributed by atoms with Crippen LogP contribution in [0.1, 0.15) is 24.3 Å². The molecule has 3 aromatic rings. The highest BCUT2D eigenvalue weighted by atomic mass is 16.5. The molecule has 0 fully saturated rings. The van der Waals surface area contributed by atoms with E-state index in [-0.39, 0.29) is 18.5 Å². The van der Waals surface area contributed by atoms with Crippen molar-refractivity contribution in [1.29, 1.82) is 0 Å². The summed E-state index contributed by atoms with van der Waals surface area (Å²) in [6, 6.07) is 17.1. The van der Waals surface area contributed by atoms with Crippen molar-refractivity contribution in [3.63, 3.8) is 0 Å². The van der Waals surface area contributed by atoms with Crippen LogP contribution in [0.25, 0.3) is 11.0 Å². The summed E-state index contributed by atoms with van der Waals surface area (Å²) >= 11 is 0. The molecule has 0 amide bonds. The number of carbonyl (C=O) groups is 1. The normalized spacial score (nSPS) is 12.2. The van der Waals surface area contributed by atoms with Crippen LogP contribution in [0.5, 0.6) is 0 Å². The fraction of sp³-hybridized carbons (Fsp3) is 0.176. The second-order valence-corrected chi connectivity index (χ2v) is 4.84. The highest BCUT2D eigenvalue weighted by Crippen LogP contribution is 2.20. The lowest BCUT2D eigenvalue weighted by Crippen LogP contribution is -2.11. The van der Waals surface area contributed by atoms with E-state index in [1.807, 2.05) is 61.5 Å². The van der Waals surface area contributed by atoms with Crippen molar-refractivity contribution in [3.05, 3.63) is 65.9 Å². The van der Waals surface area contributed by atoms with Gasteiger partial charge in [-0.05, 0) is 24.6 Å². The van der Waals surface area contributed by atoms with E-state index in [4.69, 9.17) is 9.26 Å². The monoisotopic (exact) mass is 281 g/mol.